The summed E-state index contributed by atoms with van der Waals surface area (Å²) in [7, 11) is 0. The van der Waals surface area contributed by atoms with Crippen LogP contribution in [0.15, 0.2) is 48.9 Å². The molecule has 6 heterocycles. The van der Waals surface area contributed by atoms with Crippen molar-refractivity contribution in [3.63, 3.8) is 0 Å². The SMILES string of the molecule is Cc1ccc(N2CCC(C(=O)N3CCC(n4cc(CNc5cccc6c5C(=O)N(C5CCC(=O)NC5=O)C6=O)cn4)CC3)CC2)nc1. The Bertz CT molecular complexity index is 1720. The van der Waals surface area contributed by atoms with Crippen molar-refractivity contribution >= 4 is 41.0 Å². The van der Waals surface area contributed by atoms with Gasteiger partial charge >= 0.3 is 0 Å². The van der Waals surface area contributed by atoms with Crippen molar-refractivity contribution in [1.82, 2.24) is 29.9 Å². The smallest absolute Gasteiger partial charge is 0.264 e. The summed E-state index contributed by atoms with van der Waals surface area (Å²) in [5.41, 5.74) is 3.00. The molecule has 13 heteroatoms. The van der Waals surface area contributed by atoms with E-state index in [2.05, 4.69) is 37.7 Å². The number of pyridine rings is 1. The van der Waals surface area contributed by atoms with Crippen LogP contribution in [0.2, 0.25) is 0 Å². The van der Waals surface area contributed by atoms with E-state index in [1.54, 1.807) is 24.4 Å². The number of benzene rings is 1. The van der Waals surface area contributed by atoms with Gasteiger partial charge in [0.2, 0.25) is 17.7 Å². The van der Waals surface area contributed by atoms with Gasteiger partial charge in [-0.2, -0.15) is 5.10 Å². The van der Waals surface area contributed by atoms with Gasteiger partial charge in [-0.25, -0.2) is 4.98 Å². The van der Waals surface area contributed by atoms with Crippen LogP contribution < -0.4 is 15.5 Å². The fourth-order valence-electron chi connectivity index (χ4n) is 7.14. The zero-order valence-electron chi connectivity index (χ0n) is 26.4. The van der Waals surface area contributed by atoms with E-state index >= 15 is 0 Å². The van der Waals surface area contributed by atoms with Crippen LogP contribution in [-0.4, -0.2) is 86.3 Å². The number of hydrogen-bond acceptors (Lipinski definition) is 9. The van der Waals surface area contributed by atoms with Crippen molar-refractivity contribution in [3.05, 3.63) is 71.2 Å². The summed E-state index contributed by atoms with van der Waals surface area (Å²) in [6, 6.07) is 8.31. The number of rotatable bonds is 7. The minimum absolute atomic E-state index is 0.0494. The molecule has 0 spiro atoms. The molecule has 1 atom stereocenters. The molecule has 47 heavy (non-hydrogen) atoms. The summed E-state index contributed by atoms with van der Waals surface area (Å²) in [4.78, 5) is 73.7. The zero-order valence-corrected chi connectivity index (χ0v) is 26.4. The second-order valence-electron chi connectivity index (χ2n) is 12.9. The predicted octanol–water partition coefficient (Wildman–Crippen LogP) is 2.68. The Balaban J connectivity index is 0.916. The number of fused-ring (bicyclic) bond motifs is 1. The number of aromatic nitrogens is 3. The predicted molar refractivity (Wildman–Crippen MR) is 171 cm³/mol. The summed E-state index contributed by atoms with van der Waals surface area (Å²) in [6.07, 6.45) is 9.15. The van der Waals surface area contributed by atoms with Crippen LogP contribution in [-0.2, 0) is 20.9 Å². The first kappa shape index (κ1) is 30.6. The van der Waals surface area contributed by atoms with Gasteiger partial charge in [-0.05, 0) is 62.8 Å². The van der Waals surface area contributed by atoms with Crippen LogP contribution in [0.5, 0.6) is 0 Å². The molecule has 13 nitrogen and oxygen atoms in total. The van der Waals surface area contributed by atoms with Crippen LogP contribution in [0.3, 0.4) is 0 Å². The zero-order chi connectivity index (χ0) is 32.7. The number of carbonyl (C=O) groups excluding carboxylic acids is 5. The number of nitrogens with zero attached hydrogens (tertiary/aromatic N) is 6. The molecule has 3 saturated heterocycles. The Hall–Kier alpha value is -5.07. The fourth-order valence-corrected chi connectivity index (χ4v) is 7.14. The van der Waals surface area contributed by atoms with Crippen molar-refractivity contribution in [2.75, 3.05) is 36.4 Å². The summed E-state index contributed by atoms with van der Waals surface area (Å²) in [6.45, 7) is 5.48. The van der Waals surface area contributed by atoms with Gasteiger partial charge in [0.15, 0.2) is 0 Å². The Morgan fingerprint density at radius 1 is 0.936 bits per heavy atom. The van der Waals surface area contributed by atoms with E-state index in [0.29, 0.717) is 25.3 Å². The molecule has 2 N–H and O–H groups in total. The van der Waals surface area contributed by atoms with Crippen molar-refractivity contribution in [1.29, 1.82) is 0 Å². The maximum atomic E-state index is 13.4. The first-order chi connectivity index (χ1) is 22.8. The van der Waals surface area contributed by atoms with Crippen LogP contribution in [0.1, 0.15) is 76.4 Å². The third-order valence-electron chi connectivity index (χ3n) is 9.82. The van der Waals surface area contributed by atoms with E-state index in [1.165, 1.54) is 0 Å². The molecule has 5 amide bonds. The van der Waals surface area contributed by atoms with Crippen LogP contribution in [0.25, 0.3) is 0 Å². The first-order valence-corrected chi connectivity index (χ1v) is 16.3. The van der Waals surface area contributed by atoms with E-state index < -0.39 is 29.7 Å². The quantitative estimate of drug-likeness (QED) is 0.373. The number of piperidine rings is 3. The van der Waals surface area contributed by atoms with Gasteiger partial charge in [-0.15, -0.1) is 0 Å². The number of anilines is 2. The Labute approximate surface area is 272 Å². The van der Waals surface area contributed by atoms with E-state index in [1.807, 2.05) is 28.9 Å². The lowest BCUT2D eigenvalue weighted by Gasteiger charge is -2.37. The third-order valence-corrected chi connectivity index (χ3v) is 9.82. The lowest BCUT2D eigenvalue weighted by Crippen LogP contribution is -2.54. The molecular formula is C34H38N8O5. The lowest BCUT2D eigenvalue weighted by atomic mass is 9.93. The van der Waals surface area contributed by atoms with Crippen molar-refractivity contribution in [2.24, 2.45) is 5.92 Å². The number of likely N-dealkylation sites (tertiary alicyclic amines) is 1. The van der Waals surface area contributed by atoms with Gasteiger partial charge in [0.1, 0.15) is 11.9 Å². The Morgan fingerprint density at radius 2 is 1.72 bits per heavy atom. The fraction of sp³-hybridized carbons (Fsp3) is 0.441. The van der Waals surface area contributed by atoms with E-state index in [9.17, 15) is 24.0 Å². The Morgan fingerprint density at radius 3 is 2.45 bits per heavy atom. The summed E-state index contributed by atoms with van der Waals surface area (Å²) in [5, 5.41) is 10.1. The monoisotopic (exact) mass is 638 g/mol. The molecular weight excluding hydrogens is 600 g/mol. The van der Waals surface area contributed by atoms with Crippen LogP contribution in [0, 0.1) is 12.8 Å². The largest absolute Gasteiger partial charge is 0.380 e. The van der Waals surface area contributed by atoms with Gasteiger partial charge in [0.25, 0.3) is 11.8 Å². The number of carbonyl (C=O) groups is 5. The van der Waals surface area contributed by atoms with Gasteiger partial charge < -0.3 is 15.1 Å². The molecule has 244 valence electrons. The summed E-state index contributed by atoms with van der Waals surface area (Å²) < 4.78 is 1.96. The number of imide groups is 2. The molecule has 7 rings (SSSR count). The highest BCUT2D eigenvalue weighted by atomic mass is 16.2. The van der Waals surface area contributed by atoms with Gasteiger partial charge in [-0.1, -0.05) is 12.1 Å². The average molecular weight is 639 g/mol. The minimum atomic E-state index is -1.01. The Kier molecular flexibility index (Phi) is 8.21. The maximum absolute atomic E-state index is 13.4. The van der Waals surface area contributed by atoms with Gasteiger partial charge in [0.05, 0.1) is 23.4 Å². The van der Waals surface area contributed by atoms with Crippen LogP contribution in [0.4, 0.5) is 11.5 Å². The van der Waals surface area contributed by atoms with Crippen molar-refractivity contribution in [3.8, 4) is 0 Å². The molecule has 1 unspecified atom stereocenters. The summed E-state index contributed by atoms with van der Waals surface area (Å²) >= 11 is 0. The van der Waals surface area contributed by atoms with E-state index in [4.69, 9.17) is 0 Å². The normalized spacial score (nSPS) is 20.9. The highest BCUT2D eigenvalue weighted by Gasteiger charge is 2.45. The van der Waals surface area contributed by atoms with Crippen molar-refractivity contribution < 1.29 is 24.0 Å². The minimum Gasteiger partial charge on any atom is -0.380 e. The topological polar surface area (TPSA) is 150 Å². The molecule has 4 aliphatic rings. The molecule has 3 aromatic rings. The standard InChI is InChI=1S/C34H38N8O5/c1-21-5-7-28(36-17-21)39-13-9-23(10-14-39)32(45)40-15-11-24(12-16-40)41-20-22(19-37-41)18-35-26-4-2-3-25-30(26)34(47)42(33(25)46)27-6-8-29(43)38-31(27)44/h2-5,7,17,19-20,23-24,27,35H,6,8-16,18H2,1H3,(H,38,43,44). The number of hydrogen-bond donors (Lipinski definition) is 2. The van der Waals surface area contributed by atoms with Gasteiger partial charge in [-0.3, -0.25) is 38.9 Å². The van der Waals surface area contributed by atoms with E-state index in [0.717, 1.165) is 60.6 Å². The maximum Gasteiger partial charge on any atom is 0.264 e. The number of amides is 5. The third kappa shape index (κ3) is 5.97. The van der Waals surface area contributed by atoms with Crippen LogP contribution >= 0.6 is 0 Å². The van der Waals surface area contributed by atoms with Crippen molar-refractivity contribution in [2.45, 2.75) is 64.1 Å². The molecule has 3 fully saturated rings. The highest BCUT2D eigenvalue weighted by Crippen LogP contribution is 2.33. The number of aryl methyl sites for hydroxylation is 1. The molecule has 2 aromatic heterocycles. The van der Waals surface area contributed by atoms with Gasteiger partial charge in [0, 0.05) is 68.7 Å². The summed E-state index contributed by atoms with van der Waals surface area (Å²) in [5.74, 6) is -0.848. The second kappa shape index (κ2) is 12.6. The molecule has 0 aliphatic carbocycles. The molecule has 4 aliphatic heterocycles. The number of nitrogens with one attached hydrogen (secondary N) is 2. The first-order valence-electron chi connectivity index (χ1n) is 16.3. The molecule has 1 aromatic carbocycles. The molecule has 0 radical (unpaired) electrons. The lowest BCUT2D eigenvalue weighted by molar-refractivity contribution is -0.138. The average Bonchev–Trinajstić information content (AvgIpc) is 3.66. The highest BCUT2D eigenvalue weighted by molar-refractivity contribution is 6.25. The second-order valence-corrected chi connectivity index (χ2v) is 12.9. The molecule has 0 bridgehead atoms. The van der Waals surface area contributed by atoms with E-state index in [-0.39, 0.29) is 41.8 Å². The molecule has 0 saturated carbocycles.